The maximum absolute atomic E-state index is 4.26. The SMILES string of the molecule is c1nnc(CC2CCNCC2)n1C1CC1. The standard InChI is InChI=1S/C11H18N4/c1-2-10(1)15-8-13-14-11(15)7-9-3-5-12-6-4-9/h8-10,12H,1-7H2. The minimum absolute atomic E-state index is 0.719. The third-order valence-corrected chi connectivity index (χ3v) is 3.52. The van der Waals surface area contributed by atoms with Crippen molar-refractivity contribution >= 4 is 0 Å². The highest BCUT2D eigenvalue weighted by Gasteiger charge is 2.27. The summed E-state index contributed by atoms with van der Waals surface area (Å²) in [6.07, 6.45) is 8.25. The third-order valence-electron chi connectivity index (χ3n) is 3.52. The molecular weight excluding hydrogens is 188 g/mol. The zero-order valence-electron chi connectivity index (χ0n) is 9.02. The second kappa shape index (κ2) is 3.93. The van der Waals surface area contributed by atoms with Crippen molar-refractivity contribution in [3.63, 3.8) is 0 Å². The van der Waals surface area contributed by atoms with Crippen LogP contribution >= 0.6 is 0 Å². The van der Waals surface area contributed by atoms with Gasteiger partial charge in [-0.2, -0.15) is 0 Å². The van der Waals surface area contributed by atoms with E-state index in [9.17, 15) is 0 Å². The Morgan fingerprint density at radius 1 is 1.27 bits per heavy atom. The van der Waals surface area contributed by atoms with Crippen LogP contribution in [0.15, 0.2) is 6.33 Å². The third kappa shape index (κ3) is 2.04. The van der Waals surface area contributed by atoms with Crippen molar-refractivity contribution in [1.29, 1.82) is 0 Å². The lowest BCUT2D eigenvalue weighted by atomic mass is 9.94. The van der Waals surface area contributed by atoms with Crippen molar-refractivity contribution in [2.75, 3.05) is 13.1 Å². The predicted octanol–water partition coefficient (Wildman–Crippen LogP) is 1.16. The maximum Gasteiger partial charge on any atom is 0.133 e. The monoisotopic (exact) mass is 206 g/mol. The van der Waals surface area contributed by atoms with Gasteiger partial charge in [0.25, 0.3) is 0 Å². The van der Waals surface area contributed by atoms with E-state index in [0.29, 0.717) is 0 Å². The van der Waals surface area contributed by atoms with Crippen LogP contribution in [0.2, 0.25) is 0 Å². The molecule has 1 saturated heterocycles. The maximum atomic E-state index is 4.26. The molecule has 2 aliphatic rings. The molecule has 1 aliphatic carbocycles. The van der Waals surface area contributed by atoms with E-state index in [0.717, 1.165) is 18.4 Å². The van der Waals surface area contributed by atoms with Gasteiger partial charge in [-0.1, -0.05) is 0 Å². The van der Waals surface area contributed by atoms with Gasteiger partial charge in [-0.25, -0.2) is 0 Å². The second-order valence-electron chi connectivity index (χ2n) is 4.78. The Morgan fingerprint density at radius 2 is 2.07 bits per heavy atom. The first kappa shape index (κ1) is 9.33. The van der Waals surface area contributed by atoms with Gasteiger partial charge < -0.3 is 9.88 Å². The van der Waals surface area contributed by atoms with Crippen molar-refractivity contribution in [3.8, 4) is 0 Å². The summed E-state index contributed by atoms with van der Waals surface area (Å²) in [5.74, 6) is 2.03. The van der Waals surface area contributed by atoms with Gasteiger partial charge >= 0.3 is 0 Å². The summed E-state index contributed by atoms with van der Waals surface area (Å²) in [4.78, 5) is 0. The zero-order valence-corrected chi connectivity index (χ0v) is 9.02. The molecule has 0 amide bonds. The van der Waals surface area contributed by atoms with Gasteiger partial charge in [0.1, 0.15) is 12.2 Å². The fourth-order valence-corrected chi connectivity index (χ4v) is 2.41. The highest BCUT2D eigenvalue weighted by Crippen LogP contribution is 2.35. The smallest absolute Gasteiger partial charge is 0.133 e. The Morgan fingerprint density at radius 3 is 2.80 bits per heavy atom. The van der Waals surface area contributed by atoms with Crippen LogP contribution in [0.4, 0.5) is 0 Å². The number of piperidine rings is 1. The number of nitrogens with one attached hydrogen (secondary N) is 1. The van der Waals surface area contributed by atoms with E-state index in [1.54, 1.807) is 0 Å². The Kier molecular flexibility index (Phi) is 2.44. The molecule has 2 heterocycles. The van der Waals surface area contributed by atoms with E-state index >= 15 is 0 Å². The number of aromatic nitrogens is 3. The highest BCUT2D eigenvalue weighted by atomic mass is 15.3. The molecule has 3 rings (SSSR count). The molecule has 1 aromatic rings. The lowest BCUT2D eigenvalue weighted by Gasteiger charge is -2.22. The molecule has 4 heteroatoms. The molecule has 15 heavy (non-hydrogen) atoms. The van der Waals surface area contributed by atoms with E-state index in [1.165, 1.54) is 44.6 Å². The summed E-state index contributed by atoms with van der Waals surface area (Å²) >= 11 is 0. The van der Waals surface area contributed by atoms with Crippen molar-refractivity contribution in [3.05, 3.63) is 12.2 Å². The summed E-state index contributed by atoms with van der Waals surface area (Å²) < 4.78 is 2.29. The molecule has 0 radical (unpaired) electrons. The molecule has 0 unspecified atom stereocenters. The molecule has 1 N–H and O–H groups in total. The van der Waals surface area contributed by atoms with Crippen molar-refractivity contribution in [2.24, 2.45) is 5.92 Å². The first-order valence-corrected chi connectivity index (χ1v) is 6.02. The second-order valence-corrected chi connectivity index (χ2v) is 4.78. The van der Waals surface area contributed by atoms with Crippen LogP contribution in [-0.2, 0) is 6.42 Å². The van der Waals surface area contributed by atoms with Gasteiger partial charge in [0.15, 0.2) is 0 Å². The topological polar surface area (TPSA) is 42.7 Å². The van der Waals surface area contributed by atoms with Crippen LogP contribution in [0.1, 0.15) is 37.5 Å². The lowest BCUT2D eigenvalue weighted by Crippen LogP contribution is -2.29. The number of rotatable bonds is 3. The van der Waals surface area contributed by atoms with Crippen LogP contribution in [0.25, 0.3) is 0 Å². The zero-order chi connectivity index (χ0) is 10.1. The fraction of sp³-hybridized carbons (Fsp3) is 0.818. The minimum atomic E-state index is 0.719. The molecule has 0 atom stereocenters. The van der Waals surface area contributed by atoms with Crippen LogP contribution < -0.4 is 5.32 Å². The van der Waals surface area contributed by atoms with Crippen LogP contribution in [0.3, 0.4) is 0 Å². The molecule has 82 valence electrons. The van der Waals surface area contributed by atoms with Crippen molar-refractivity contribution in [2.45, 2.75) is 38.1 Å². The molecule has 0 spiro atoms. The van der Waals surface area contributed by atoms with E-state index in [2.05, 4.69) is 20.1 Å². The number of hydrogen-bond acceptors (Lipinski definition) is 3. The Hall–Kier alpha value is -0.900. The molecule has 0 bridgehead atoms. The first-order chi connectivity index (χ1) is 7.43. The Labute approximate surface area is 90.1 Å². The normalized spacial score (nSPS) is 23.2. The van der Waals surface area contributed by atoms with Gasteiger partial charge in [-0.05, 0) is 44.7 Å². The Bertz CT molecular complexity index is 323. The van der Waals surface area contributed by atoms with Gasteiger partial charge in [-0.3, -0.25) is 0 Å². The molecule has 0 aromatic carbocycles. The molecule has 4 nitrogen and oxygen atoms in total. The summed E-state index contributed by atoms with van der Waals surface area (Å²) in [5.41, 5.74) is 0. The van der Waals surface area contributed by atoms with Gasteiger partial charge in [0.2, 0.25) is 0 Å². The average Bonchev–Trinajstić information content (AvgIpc) is 3.02. The van der Waals surface area contributed by atoms with Gasteiger partial charge in [-0.15, -0.1) is 10.2 Å². The quantitative estimate of drug-likeness (QED) is 0.807. The van der Waals surface area contributed by atoms with E-state index in [4.69, 9.17) is 0 Å². The van der Waals surface area contributed by atoms with E-state index < -0.39 is 0 Å². The summed E-state index contributed by atoms with van der Waals surface area (Å²) in [5, 5.41) is 11.7. The largest absolute Gasteiger partial charge is 0.317 e. The lowest BCUT2D eigenvalue weighted by molar-refractivity contribution is 0.362. The molecule has 1 saturated carbocycles. The molecule has 2 fully saturated rings. The minimum Gasteiger partial charge on any atom is -0.317 e. The van der Waals surface area contributed by atoms with Gasteiger partial charge in [0.05, 0.1) is 0 Å². The van der Waals surface area contributed by atoms with Crippen molar-refractivity contribution < 1.29 is 0 Å². The van der Waals surface area contributed by atoms with Gasteiger partial charge in [0, 0.05) is 12.5 Å². The first-order valence-electron chi connectivity index (χ1n) is 6.02. The van der Waals surface area contributed by atoms with E-state index in [-0.39, 0.29) is 0 Å². The number of hydrogen-bond donors (Lipinski definition) is 1. The molecular formula is C11H18N4. The van der Waals surface area contributed by atoms with Crippen molar-refractivity contribution in [1.82, 2.24) is 20.1 Å². The van der Waals surface area contributed by atoms with Crippen LogP contribution in [0.5, 0.6) is 0 Å². The van der Waals surface area contributed by atoms with Crippen LogP contribution in [-0.4, -0.2) is 27.9 Å². The summed E-state index contributed by atoms with van der Waals surface area (Å²) in [6, 6.07) is 0.719. The summed E-state index contributed by atoms with van der Waals surface area (Å²) in [6.45, 7) is 2.34. The highest BCUT2D eigenvalue weighted by molar-refractivity contribution is 4.96. The molecule has 1 aromatic heterocycles. The predicted molar refractivity (Wildman–Crippen MR) is 57.6 cm³/mol. The van der Waals surface area contributed by atoms with Crippen LogP contribution in [0, 0.1) is 5.92 Å². The average molecular weight is 206 g/mol. The Balaban J connectivity index is 1.67. The summed E-state index contributed by atoms with van der Waals surface area (Å²) in [7, 11) is 0. The van der Waals surface area contributed by atoms with E-state index in [1.807, 2.05) is 6.33 Å². The number of nitrogens with zero attached hydrogens (tertiary/aromatic N) is 3. The fourth-order valence-electron chi connectivity index (χ4n) is 2.41. The molecule has 1 aliphatic heterocycles.